The van der Waals surface area contributed by atoms with Crippen molar-refractivity contribution in [3.05, 3.63) is 28.6 Å². The molecule has 1 atom stereocenters. The molecule has 0 fully saturated rings. The molecule has 13 heavy (non-hydrogen) atoms. The third-order valence-electron chi connectivity index (χ3n) is 2.19. The molecule has 2 nitrogen and oxygen atoms in total. The summed E-state index contributed by atoms with van der Waals surface area (Å²) in [6.07, 6.45) is 0. The Morgan fingerprint density at radius 3 is 2.46 bits per heavy atom. The second-order valence-electron chi connectivity index (χ2n) is 3.35. The van der Waals surface area contributed by atoms with Crippen LogP contribution in [0.1, 0.15) is 29.7 Å². The van der Waals surface area contributed by atoms with Crippen LogP contribution in [-0.2, 0) is 0 Å². The summed E-state index contributed by atoms with van der Waals surface area (Å²) in [5.41, 5.74) is 7.08. The number of hydrogen-bond acceptors (Lipinski definition) is 2. The van der Waals surface area contributed by atoms with Gasteiger partial charge in [0.2, 0.25) is 0 Å². The van der Waals surface area contributed by atoms with E-state index in [4.69, 9.17) is 5.73 Å². The van der Waals surface area contributed by atoms with Gasteiger partial charge in [0, 0.05) is 11.6 Å². The number of rotatable bonds is 1. The van der Waals surface area contributed by atoms with Crippen LogP contribution in [0.3, 0.4) is 0 Å². The second kappa shape index (κ2) is 3.34. The molecule has 0 heterocycles. The summed E-state index contributed by atoms with van der Waals surface area (Å²) in [4.78, 5) is 0. The molecular weight excluding hydrogens is 169 g/mol. The van der Waals surface area contributed by atoms with Gasteiger partial charge >= 0.3 is 0 Å². The molecule has 0 bridgehead atoms. The van der Waals surface area contributed by atoms with Crippen LogP contribution < -0.4 is 5.73 Å². The van der Waals surface area contributed by atoms with Gasteiger partial charge in [0.1, 0.15) is 11.6 Å². The third kappa shape index (κ3) is 1.65. The van der Waals surface area contributed by atoms with Crippen LogP contribution in [0.4, 0.5) is 4.39 Å². The van der Waals surface area contributed by atoms with Crippen molar-refractivity contribution in [2.75, 3.05) is 0 Å². The van der Waals surface area contributed by atoms with Gasteiger partial charge in [0.25, 0.3) is 0 Å². The first-order valence-electron chi connectivity index (χ1n) is 4.19. The first-order chi connectivity index (χ1) is 5.95. The summed E-state index contributed by atoms with van der Waals surface area (Å²) in [6, 6.07) is 0.964. The number of benzene rings is 1. The van der Waals surface area contributed by atoms with Crippen LogP contribution in [0.25, 0.3) is 0 Å². The number of phenols is 1. The highest BCUT2D eigenvalue weighted by molar-refractivity contribution is 5.46. The minimum atomic E-state index is -0.352. The zero-order valence-corrected chi connectivity index (χ0v) is 8.06. The lowest BCUT2D eigenvalue weighted by Crippen LogP contribution is -2.09. The van der Waals surface area contributed by atoms with Crippen molar-refractivity contribution >= 4 is 0 Å². The maximum Gasteiger partial charge on any atom is 0.126 e. The highest BCUT2D eigenvalue weighted by Crippen LogP contribution is 2.31. The fourth-order valence-corrected chi connectivity index (χ4v) is 1.44. The molecule has 0 aliphatic carbocycles. The Kier molecular flexibility index (Phi) is 2.57. The molecule has 1 aromatic rings. The van der Waals surface area contributed by atoms with Crippen LogP contribution in [0.5, 0.6) is 5.75 Å². The van der Waals surface area contributed by atoms with Crippen molar-refractivity contribution in [3.8, 4) is 5.75 Å². The zero-order valence-electron chi connectivity index (χ0n) is 8.06. The summed E-state index contributed by atoms with van der Waals surface area (Å²) < 4.78 is 13.2. The minimum absolute atomic E-state index is 0.105. The standard InChI is InChI=1S/C10H14FNO/c1-5-4-8(11)6(2)9(7(3)12)10(5)13/h4,7,13H,12H2,1-3H3. The molecule has 0 spiro atoms. The number of aromatic hydroxyl groups is 1. The van der Waals surface area contributed by atoms with Gasteiger partial charge < -0.3 is 10.8 Å². The number of phenolic OH excluding ortho intramolecular Hbond substituents is 1. The fourth-order valence-electron chi connectivity index (χ4n) is 1.44. The van der Waals surface area contributed by atoms with Crippen LogP contribution in [0, 0.1) is 19.7 Å². The SMILES string of the molecule is Cc1cc(F)c(C)c(C(C)N)c1O. The smallest absolute Gasteiger partial charge is 0.126 e. The van der Waals surface area contributed by atoms with Gasteiger partial charge in [-0.1, -0.05) is 0 Å². The second-order valence-corrected chi connectivity index (χ2v) is 3.35. The van der Waals surface area contributed by atoms with Crippen LogP contribution in [0.15, 0.2) is 6.07 Å². The van der Waals surface area contributed by atoms with E-state index in [1.54, 1.807) is 20.8 Å². The van der Waals surface area contributed by atoms with Gasteiger partial charge in [0.15, 0.2) is 0 Å². The molecule has 0 aliphatic rings. The molecule has 0 aliphatic heterocycles. The van der Waals surface area contributed by atoms with Crippen molar-refractivity contribution in [1.82, 2.24) is 0 Å². The number of nitrogens with two attached hydrogens (primary N) is 1. The summed E-state index contributed by atoms with van der Waals surface area (Å²) >= 11 is 0. The van der Waals surface area contributed by atoms with E-state index in [9.17, 15) is 9.50 Å². The highest BCUT2D eigenvalue weighted by Gasteiger charge is 2.15. The van der Waals surface area contributed by atoms with Crippen LogP contribution in [-0.4, -0.2) is 5.11 Å². The molecule has 1 unspecified atom stereocenters. The molecule has 1 rings (SSSR count). The van der Waals surface area contributed by atoms with E-state index in [0.717, 1.165) is 0 Å². The summed E-state index contributed by atoms with van der Waals surface area (Å²) in [5, 5.41) is 9.63. The lowest BCUT2D eigenvalue weighted by Gasteiger charge is -2.14. The number of halogens is 1. The van der Waals surface area contributed by atoms with Crippen molar-refractivity contribution in [2.45, 2.75) is 26.8 Å². The van der Waals surface area contributed by atoms with Gasteiger partial charge in [-0.25, -0.2) is 4.39 Å². The minimum Gasteiger partial charge on any atom is -0.507 e. The van der Waals surface area contributed by atoms with E-state index in [1.807, 2.05) is 0 Å². The normalized spacial score (nSPS) is 13.0. The first kappa shape index (κ1) is 9.99. The van der Waals surface area contributed by atoms with Gasteiger partial charge in [-0.15, -0.1) is 0 Å². The van der Waals surface area contributed by atoms with E-state index in [1.165, 1.54) is 6.07 Å². The molecule has 0 amide bonds. The van der Waals surface area contributed by atoms with Gasteiger partial charge in [-0.05, 0) is 38.0 Å². The monoisotopic (exact) mass is 183 g/mol. The van der Waals surface area contributed by atoms with Gasteiger partial charge in [-0.3, -0.25) is 0 Å². The third-order valence-corrected chi connectivity index (χ3v) is 2.19. The highest BCUT2D eigenvalue weighted by atomic mass is 19.1. The molecule has 0 saturated heterocycles. The van der Waals surface area contributed by atoms with E-state index in [-0.39, 0.29) is 17.6 Å². The lowest BCUT2D eigenvalue weighted by molar-refractivity contribution is 0.454. The van der Waals surface area contributed by atoms with E-state index >= 15 is 0 Å². The topological polar surface area (TPSA) is 46.2 Å². The molecule has 0 saturated carbocycles. The number of hydrogen-bond donors (Lipinski definition) is 2. The largest absolute Gasteiger partial charge is 0.507 e. The van der Waals surface area contributed by atoms with Crippen molar-refractivity contribution < 1.29 is 9.50 Å². The Hall–Kier alpha value is -1.09. The maximum absolute atomic E-state index is 13.2. The maximum atomic E-state index is 13.2. The lowest BCUT2D eigenvalue weighted by atomic mass is 9.98. The zero-order chi connectivity index (χ0) is 10.2. The Balaban J connectivity index is 3.46. The van der Waals surface area contributed by atoms with Crippen molar-refractivity contribution in [3.63, 3.8) is 0 Å². The molecule has 3 heteroatoms. The first-order valence-corrected chi connectivity index (χ1v) is 4.19. The Morgan fingerprint density at radius 1 is 1.46 bits per heavy atom. The molecule has 0 aromatic heterocycles. The molecule has 3 N–H and O–H groups in total. The van der Waals surface area contributed by atoms with Gasteiger partial charge in [0.05, 0.1) is 0 Å². The number of aryl methyl sites for hydroxylation is 1. The Labute approximate surface area is 77.2 Å². The van der Waals surface area contributed by atoms with Crippen LogP contribution in [0.2, 0.25) is 0 Å². The molecule has 0 radical (unpaired) electrons. The molecule has 1 aromatic carbocycles. The molecule has 72 valence electrons. The fraction of sp³-hybridized carbons (Fsp3) is 0.400. The van der Waals surface area contributed by atoms with Crippen molar-refractivity contribution in [2.24, 2.45) is 5.73 Å². The van der Waals surface area contributed by atoms with Gasteiger partial charge in [-0.2, -0.15) is 0 Å². The van der Waals surface area contributed by atoms with E-state index in [0.29, 0.717) is 16.7 Å². The Bertz CT molecular complexity index is 308. The van der Waals surface area contributed by atoms with E-state index < -0.39 is 0 Å². The van der Waals surface area contributed by atoms with Crippen LogP contribution >= 0.6 is 0 Å². The quantitative estimate of drug-likeness (QED) is 0.700. The summed E-state index contributed by atoms with van der Waals surface area (Å²) in [5.74, 6) is -0.212. The average Bonchev–Trinajstić information content (AvgIpc) is 2.01. The predicted octanol–water partition coefficient (Wildman–Crippen LogP) is 2.17. The average molecular weight is 183 g/mol. The summed E-state index contributed by atoms with van der Waals surface area (Å²) in [7, 11) is 0. The predicted molar refractivity (Wildman–Crippen MR) is 50.1 cm³/mol. The molecular formula is C10H14FNO. The van der Waals surface area contributed by atoms with E-state index in [2.05, 4.69) is 0 Å². The Morgan fingerprint density at radius 2 is 2.00 bits per heavy atom. The summed E-state index contributed by atoms with van der Waals surface area (Å²) in [6.45, 7) is 5.00. The van der Waals surface area contributed by atoms with Crippen molar-refractivity contribution in [1.29, 1.82) is 0 Å².